The summed E-state index contributed by atoms with van der Waals surface area (Å²) >= 11 is 0. The molecule has 0 aliphatic heterocycles. The first-order chi connectivity index (χ1) is 7.52. The number of carbonyl (C=O) groups excluding carboxylic acids is 1. The number of sulfonamides is 1. The molecule has 0 radical (unpaired) electrons. The number of nitrogens with two attached hydrogens (primary N) is 1. The fourth-order valence-corrected chi connectivity index (χ4v) is 2.06. The second-order valence-electron chi connectivity index (χ2n) is 3.50. The number of hydrogen-bond acceptors (Lipinski definition) is 5. The normalized spacial score (nSPS) is 15.8. The van der Waals surface area contributed by atoms with Crippen molar-refractivity contribution in [2.75, 3.05) is 0 Å². The van der Waals surface area contributed by atoms with Crippen LogP contribution in [0.5, 0.6) is 5.75 Å². The van der Waals surface area contributed by atoms with Crippen LogP contribution >= 0.6 is 0 Å². The maximum Gasteiger partial charge on any atom is 0.244 e. The van der Waals surface area contributed by atoms with E-state index in [1.165, 1.54) is 12.3 Å². The number of rotatable bonds is 4. The zero-order chi connectivity index (χ0) is 11.8. The van der Waals surface area contributed by atoms with Crippen molar-refractivity contribution >= 4 is 16.3 Å². The number of aldehydes is 1. The number of primary sulfonamides is 1. The van der Waals surface area contributed by atoms with Gasteiger partial charge in [-0.05, 0) is 18.9 Å². The molecule has 6 nitrogen and oxygen atoms in total. The lowest BCUT2D eigenvalue weighted by molar-refractivity contribution is 0.111. The number of hydrogen-bond donors (Lipinski definition) is 1. The molecule has 1 aliphatic rings. The Kier molecular flexibility index (Phi) is 2.64. The van der Waals surface area contributed by atoms with E-state index in [1.54, 1.807) is 0 Å². The molecule has 16 heavy (non-hydrogen) atoms. The molecule has 1 aromatic heterocycles. The van der Waals surface area contributed by atoms with Gasteiger partial charge >= 0.3 is 0 Å². The smallest absolute Gasteiger partial charge is 0.244 e. The summed E-state index contributed by atoms with van der Waals surface area (Å²) in [4.78, 5) is 14.0. The highest BCUT2D eigenvalue weighted by molar-refractivity contribution is 7.89. The Balaban J connectivity index is 2.53. The molecule has 0 bridgehead atoms. The number of aromatic nitrogens is 1. The minimum Gasteiger partial charge on any atom is -0.489 e. The van der Waals surface area contributed by atoms with Gasteiger partial charge in [0.2, 0.25) is 10.0 Å². The highest BCUT2D eigenvalue weighted by Crippen LogP contribution is 2.31. The fraction of sp³-hybridized carbons (Fsp3) is 0.333. The van der Waals surface area contributed by atoms with Crippen LogP contribution in [-0.2, 0) is 10.0 Å². The van der Waals surface area contributed by atoms with Crippen molar-refractivity contribution in [1.82, 2.24) is 4.98 Å². The predicted molar refractivity (Wildman–Crippen MR) is 54.6 cm³/mol. The van der Waals surface area contributed by atoms with Crippen LogP contribution in [0.3, 0.4) is 0 Å². The molecule has 1 fully saturated rings. The minimum absolute atomic E-state index is 0.0161. The molecule has 1 aromatic rings. The summed E-state index contributed by atoms with van der Waals surface area (Å²) in [7, 11) is -4.01. The topological polar surface area (TPSA) is 99.3 Å². The van der Waals surface area contributed by atoms with Crippen molar-refractivity contribution in [3.63, 3.8) is 0 Å². The Morgan fingerprint density at radius 1 is 1.50 bits per heavy atom. The quantitative estimate of drug-likeness (QED) is 0.754. The van der Waals surface area contributed by atoms with Gasteiger partial charge in [-0.1, -0.05) is 0 Å². The number of ether oxygens (including phenoxy) is 1. The van der Waals surface area contributed by atoms with E-state index in [0.29, 0.717) is 6.29 Å². The first-order valence-corrected chi connectivity index (χ1v) is 6.20. The van der Waals surface area contributed by atoms with Crippen molar-refractivity contribution in [2.45, 2.75) is 23.8 Å². The molecule has 1 aliphatic carbocycles. The monoisotopic (exact) mass is 242 g/mol. The van der Waals surface area contributed by atoms with E-state index in [9.17, 15) is 13.2 Å². The van der Waals surface area contributed by atoms with Crippen LogP contribution in [0.25, 0.3) is 0 Å². The number of pyridine rings is 1. The summed E-state index contributed by atoms with van der Waals surface area (Å²) in [6.45, 7) is 0. The minimum atomic E-state index is -4.01. The molecular formula is C9H10N2O4S. The van der Waals surface area contributed by atoms with E-state index in [0.717, 1.165) is 12.8 Å². The van der Waals surface area contributed by atoms with Crippen LogP contribution in [-0.4, -0.2) is 25.8 Å². The van der Waals surface area contributed by atoms with Gasteiger partial charge in [0.05, 0.1) is 6.10 Å². The second-order valence-corrected chi connectivity index (χ2v) is 5.00. The van der Waals surface area contributed by atoms with Crippen molar-refractivity contribution in [1.29, 1.82) is 0 Å². The third-order valence-corrected chi connectivity index (χ3v) is 3.09. The Hall–Kier alpha value is -1.47. The average molecular weight is 242 g/mol. The van der Waals surface area contributed by atoms with Crippen molar-refractivity contribution in [3.05, 3.63) is 18.0 Å². The Morgan fingerprint density at radius 2 is 2.19 bits per heavy atom. The average Bonchev–Trinajstić information content (AvgIpc) is 2.99. The summed E-state index contributed by atoms with van der Waals surface area (Å²) in [5, 5.41) is 5.02. The summed E-state index contributed by atoms with van der Waals surface area (Å²) < 4.78 is 28.0. The van der Waals surface area contributed by atoms with Gasteiger partial charge < -0.3 is 4.74 Å². The van der Waals surface area contributed by atoms with Crippen molar-refractivity contribution in [2.24, 2.45) is 5.14 Å². The summed E-state index contributed by atoms with van der Waals surface area (Å²) in [6.07, 6.45) is 3.43. The highest BCUT2D eigenvalue weighted by atomic mass is 32.2. The number of nitrogens with zero attached hydrogens (tertiary/aromatic N) is 1. The van der Waals surface area contributed by atoms with Crippen LogP contribution in [0.15, 0.2) is 17.2 Å². The summed E-state index contributed by atoms with van der Waals surface area (Å²) in [5.41, 5.74) is -0.222. The maximum absolute atomic E-state index is 11.3. The van der Waals surface area contributed by atoms with Gasteiger partial charge in [0.1, 0.15) is 11.4 Å². The third-order valence-electron chi connectivity index (χ3n) is 2.11. The first kappa shape index (κ1) is 11.0. The van der Waals surface area contributed by atoms with E-state index in [-0.39, 0.29) is 22.4 Å². The van der Waals surface area contributed by atoms with E-state index in [4.69, 9.17) is 9.88 Å². The van der Waals surface area contributed by atoms with Crippen LogP contribution in [0.1, 0.15) is 23.3 Å². The van der Waals surface area contributed by atoms with Crippen LogP contribution in [0, 0.1) is 0 Å². The maximum atomic E-state index is 11.3. The van der Waals surface area contributed by atoms with Gasteiger partial charge in [0.25, 0.3) is 0 Å². The van der Waals surface area contributed by atoms with Crippen LogP contribution in [0.2, 0.25) is 0 Å². The number of carbonyl (C=O) groups is 1. The lowest BCUT2D eigenvalue weighted by Crippen LogP contribution is -2.17. The molecular weight excluding hydrogens is 232 g/mol. The molecule has 2 N–H and O–H groups in total. The lowest BCUT2D eigenvalue weighted by atomic mass is 10.3. The Bertz CT molecular complexity index is 522. The van der Waals surface area contributed by atoms with Gasteiger partial charge in [-0.2, -0.15) is 0 Å². The zero-order valence-corrected chi connectivity index (χ0v) is 9.11. The molecule has 0 saturated heterocycles. The van der Waals surface area contributed by atoms with Crippen molar-refractivity contribution < 1.29 is 17.9 Å². The summed E-state index contributed by atoms with van der Waals surface area (Å²) in [5.74, 6) is 0.0992. The van der Waals surface area contributed by atoms with Gasteiger partial charge in [-0.25, -0.2) is 13.6 Å². The molecule has 0 atom stereocenters. The van der Waals surface area contributed by atoms with Gasteiger partial charge in [-0.15, -0.1) is 0 Å². The summed E-state index contributed by atoms with van der Waals surface area (Å²) in [6, 6.07) is 1.39. The molecule has 0 spiro atoms. The molecule has 2 rings (SSSR count). The third kappa shape index (κ3) is 2.20. The molecule has 1 heterocycles. The van der Waals surface area contributed by atoms with Crippen LogP contribution in [0.4, 0.5) is 0 Å². The van der Waals surface area contributed by atoms with E-state index >= 15 is 0 Å². The molecule has 0 unspecified atom stereocenters. The standard InChI is InChI=1S/C9H10N2O4S/c10-16(13,14)9-7(5-12)11-4-3-8(9)15-6-1-2-6/h3-6H,1-2H2,(H2,10,13,14). The zero-order valence-electron chi connectivity index (χ0n) is 8.29. The van der Waals surface area contributed by atoms with Crippen molar-refractivity contribution in [3.8, 4) is 5.75 Å². The molecule has 0 amide bonds. The molecule has 1 saturated carbocycles. The lowest BCUT2D eigenvalue weighted by Gasteiger charge is -2.09. The molecule has 0 aromatic carbocycles. The van der Waals surface area contributed by atoms with E-state index < -0.39 is 10.0 Å². The highest BCUT2D eigenvalue weighted by Gasteiger charge is 2.28. The van der Waals surface area contributed by atoms with Crippen LogP contribution < -0.4 is 9.88 Å². The first-order valence-electron chi connectivity index (χ1n) is 4.66. The Morgan fingerprint density at radius 3 is 2.69 bits per heavy atom. The van der Waals surface area contributed by atoms with E-state index in [2.05, 4.69) is 4.98 Å². The SMILES string of the molecule is NS(=O)(=O)c1c(OC2CC2)ccnc1C=O. The fourth-order valence-electron chi connectivity index (χ4n) is 1.27. The molecule has 7 heteroatoms. The van der Waals surface area contributed by atoms with Gasteiger partial charge in [0, 0.05) is 6.20 Å². The predicted octanol–water partition coefficient (Wildman–Crippen LogP) is 0.0827. The largest absolute Gasteiger partial charge is 0.489 e. The Labute approximate surface area is 92.5 Å². The van der Waals surface area contributed by atoms with Gasteiger partial charge in [0.15, 0.2) is 11.2 Å². The van der Waals surface area contributed by atoms with E-state index in [1.807, 2.05) is 0 Å². The van der Waals surface area contributed by atoms with Gasteiger partial charge in [-0.3, -0.25) is 9.78 Å². The molecule has 86 valence electrons. The second kappa shape index (κ2) is 3.84.